The van der Waals surface area contributed by atoms with Crippen LogP contribution in [0.2, 0.25) is 0 Å². The van der Waals surface area contributed by atoms with Gasteiger partial charge in [-0.1, -0.05) is 74.5 Å². The van der Waals surface area contributed by atoms with Gasteiger partial charge >= 0.3 is 0 Å². The standard InChI is InChI=1S/C45H73N7O8/c1-34(2)31-40(50-44(55)41(33-36-15-9-6-10-16-36)49-42(53)38(47)32-35-13-7-5-8-14-35)43(54)48-39(45(56)52-21-18-37(46)19-22-52)17-11-12-20-51(23-25-59-29-27-57-3)24-26-60-30-28-58-4/h5-10,13-16,34,37-41H,11-12,17-33,46-47H2,1-4H3,(H,48,54)(H,49,53)(H,50,55)/t38-,39-,40-,41-/m1/s1. The lowest BCUT2D eigenvalue weighted by atomic mass is 9.99. The number of nitrogens with zero attached hydrogens (tertiary/aromatic N) is 2. The maximum atomic E-state index is 14.2. The van der Waals surface area contributed by atoms with Crippen LogP contribution in [0.25, 0.3) is 0 Å². The number of amides is 4. The van der Waals surface area contributed by atoms with Crippen LogP contribution in [0.1, 0.15) is 63.5 Å². The van der Waals surface area contributed by atoms with Crippen molar-refractivity contribution in [3.05, 3.63) is 71.8 Å². The molecule has 336 valence electrons. The first-order valence-electron chi connectivity index (χ1n) is 21.6. The fourth-order valence-corrected chi connectivity index (χ4v) is 7.04. The van der Waals surface area contributed by atoms with E-state index in [0.717, 1.165) is 24.1 Å². The number of piperidine rings is 1. The van der Waals surface area contributed by atoms with E-state index in [4.69, 9.17) is 30.4 Å². The number of carbonyl (C=O) groups is 4. The smallest absolute Gasteiger partial charge is 0.245 e. The summed E-state index contributed by atoms with van der Waals surface area (Å²) in [5.41, 5.74) is 14.2. The Hall–Kier alpha value is -3.96. The molecule has 0 unspecified atom stereocenters. The van der Waals surface area contributed by atoms with Crippen LogP contribution in [0.5, 0.6) is 0 Å². The number of unbranched alkanes of at least 4 members (excludes halogenated alkanes) is 1. The molecular formula is C45H73N7O8. The lowest BCUT2D eigenvalue weighted by Crippen LogP contribution is -2.59. The molecule has 0 aromatic heterocycles. The fourth-order valence-electron chi connectivity index (χ4n) is 7.04. The van der Waals surface area contributed by atoms with Gasteiger partial charge in [0.15, 0.2) is 0 Å². The Morgan fingerprint density at radius 3 is 1.75 bits per heavy atom. The molecule has 15 heteroatoms. The number of benzene rings is 2. The van der Waals surface area contributed by atoms with Gasteiger partial charge in [-0.05, 0) is 68.5 Å². The molecule has 15 nitrogen and oxygen atoms in total. The largest absolute Gasteiger partial charge is 0.382 e. The van der Waals surface area contributed by atoms with Crippen molar-refractivity contribution in [2.45, 2.75) is 95.4 Å². The van der Waals surface area contributed by atoms with Crippen molar-refractivity contribution in [3.63, 3.8) is 0 Å². The highest BCUT2D eigenvalue weighted by molar-refractivity contribution is 5.95. The fraction of sp³-hybridized carbons (Fsp3) is 0.644. The zero-order valence-corrected chi connectivity index (χ0v) is 36.5. The van der Waals surface area contributed by atoms with Crippen molar-refractivity contribution in [2.75, 3.05) is 86.6 Å². The average Bonchev–Trinajstić information content (AvgIpc) is 3.24. The van der Waals surface area contributed by atoms with E-state index in [1.165, 1.54) is 0 Å². The molecule has 0 spiro atoms. The molecule has 1 aliphatic rings. The monoisotopic (exact) mass is 840 g/mol. The van der Waals surface area contributed by atoms with Gasteiger partial charge in [-0.2, -0.15) is 0 Å². The highest BCUT2D eigenvalue weighted by Gasteiger charge is 2.33. The van der Waals surface area contributed by atoms with Gasteiger partial charge in [0.05, 0.1) is 45.7 Å². The van der Waals surface area contributed by atoms with E-state index in [9.17, 15) is 19.2 Å². The van der Waals surface area contributed by atoms with Crippen LogP contribution in [0.3, 0.4) is 0 Å². The third kappa shape index (κ3) is 20.1. The lowest BCUT2D eigenvalue weighted by molar-refractivity contribution is -0.138. The van der Waals surface area contributed by atoms with Crippen LogP contribution in [-0.2, 0) is 51.0 Å². The second-order valence-electron chi connectivity index (χ2n) is 16.0. The average molecular weight is 840 g/mol. The van der Waals surface area contributed by atoms with Crippen LogP contribution in [0, 0.1) is 5.92 Å². The minimum atomic E-state index is -1.00. The van der Waals surface area contributed by atoms with Crippen LogP contribution in [0.15, 0.2) is 60.7 Å². The number of hydrogen-bond acceptors (Lipinski definition) is 11. The van der Waals surface area contributed by atoms with Crippen molar-refractivity contribution in [1.29, 1.82) is 0 Å². The number of methoxy groups -OCH3 is 2. The number of likely N-dealkylation sites (tertiary alicyclic amines) is 1. The van der Waals surface area contributed by atoms with Crippen LogP contribution in [-0.4, -0.2) is 150 Å². The Balaban J connectivity index is 1.73. The molecule has 1 saturated heterocycles. The predicted octanol–water partition coefficient (Wildman–Crippen LogP) is 2.05. The molecule has 2 aromatic rings. The Morgan fingerprint density at radius 1 is 0.683 bits per heavy atom. The summed E-state index contributed by atoms with van der Waals surface area (Å²) < 4.78 is 21.6. The zero-order valence-electron chi connectivity index (χ0n) is 36.5. The third-order valence-corrected chi connectivity index (χ3v) is 10.5. The molecule has 1 aliphatic heterocycles. The number of ether oxygens (including phenoxy) is 4. The van der Waals surface area contributed by atoms with Gasteiger partial charge in [0.2, 0.25) is 23.6 Å². The maximum Gasteiger partial charge on any atom is 0.245 e. The molecule has 2 aromatic carbocycles. The third-order valence-electron chi connectivity index (χ3n) is 10.5. The van der Waals surface area contributed by atoms with Crippen LogP contribution < -0.4 is 27.4 Å². The molecule has 60 heavy (non-hydrogen) atoms. The highest BCUT2D eigenvalue weighted by atomic mass is 16.5. The topological polar surface area (TPSA) is 200 Å². The number of nitrogens with two attached hydrogens (primary N) is 2. The van der Waals surface area contributed by atoms with Gasteiger partial charge in [0, 0.05) is 52.9 Å². The summed E-state index contributed by atoms with van der Waals surface area (Å²) in [4.78, 5) is 59.9. The Bertz CT molecular complexity index is 1480. The molecule has 4 atom stereocenters. The summed E-state index contributed by atoms with van der Waals surface area (Å²) in [6.45, 7) is 10.3. The molecule has 3 rings (SSSR count). The second-order valence-corrected chi connectivity index (χ2v) is 16.0. The van der Waals surface area contributed by atoms with Crippen LogP contribution in [0.4, 0.5) is 0 Å². The zero-order chi connectivity index (χ0) is 43.5. The summed E-state index contributed by atoms with van der Waals surface area (Å²) in [5.74, 6) is -1.55. The predicted molar refractivity (Wildman–Crippen MR) is 233 cm³/mol. The number of carbonyl (C=O) groups excluding carboxylic acids is 4. The van der Waals surface area contributed by atoms with Gasteiger partial charge in [-0.15, -0.1) is 0 Å². The first-order valence-corrected chi connectivity index (χ1v) is 21.6. The highest BCUT2D eigenvalue weighted by Crippen LogP contribution is 2.15. The van der Waals surface area contributed by atoms with Crippen molar-refractivity contribution in [3.8, 4) is 0 Å². The van der Waals surface area contributed by atoms with E-state index in [1.54, 1.807) is 19.1 Å². The van der Waals surface area contributed by atoms with E-state index in [1.807, 2.05) is 74.5 Å². The van der Waals surface area contributed by atoms with E-state index in [-0.39, 0.29) is 24.3 Å². The van der Waals surface area contributed by atoms with E-state index >= 15 is 0 Å². The summed E-state index contributed by atoms with van der Waals surface area (Å²) in [5, 5.41) is 8.86. The van der Waals surface area contributed by atoms with Crippen LogP contribution >= 0.6 is 0 Å². The number of rotatable bonds is 30. The molecule has 0 saturated carbocycles. The van der Waals surface area contributed by atoms with E-state index < -0.39 is 41.9 Å². The normalized spacial score (nSPS) is 15.4. The Morgan fingerprint density at radius 2 is 1.20 bits per heavy atom. The van der Waals surface area contributed by atoms with E-state index in [0.29, 0.717) is 104 Å². The maximum absolute atomic E-state index is 14.2. The van der Waals surface area contributed by atoms with Crippen molar-refractivity contribution in [1.82, 2.24) is 25.8 Å². The van der Waals surface area contributed by atoms with Crippen molar-refractivity contribution >= 4 is 23.6 Å². The molecule has 4 amide bonds. The minimum Gasteiger partial charge on any atom is -0.382 e. The lowest BCUT2D eigenvalue weighted by Gasteiger charge is -2.34. The molecule has 1 fully saturated rings. The summed E-state index contributed by atoms with van der Waals surface area (Å²) in [7, 11) is 3.29. The molecule has 0 bridgehead atoms. The molecular weight excluding hydrogens is 767 g/mol. The summed E-state index contributed by atoms with van der Waals surface area (Å²) in [6, 6.07) is 15.2. The van der Waals surface area contributed by atoms with Gasteiger partial charge in [-0.3, -0.25) is 24.1 Å². The quantitative estimate of drug-likeness (QED) is 0.0722. The van der Waals surface area contributed by atoms with Crippen molar-refractivity contribution < 1.29 is 38.1 Å². The second kappa shape index (κ2) is 29.3. The molecule has 7 N–H and O–H groups in total. The molecule has 1 heterocycles. The first kappa shape index (κ1) is 50.4. The van der Waals surface area contributed by atoms with Crippen molar-refractivity contribution in [2.24, 2.45) is 17.4 Å². The van der Waals surface area contributed by atoms with Gasteiger partial charge in [0.1, 0.15) is 18.1 Å². The van der Waals surface area contributed by atoms with Gasteiger partial charge < -0.3 is 51.3 Å². The number of nitrogens with one attached hydrogen (secondary N) is 3. The van der Waals surface area contributed by atoms with Gasteiger partial charge in [0.25, 0.3) is 0 Å². The summed E-state index contributed by atoms with van der Waals surface area (Å²) in [6.07, 6.45) is 4.07. The molecule has 0 radical (unpaired) electrons. The Kier molecular flexibility index (Phi) is 24.6. The minimum absolute atomic E-state index is 0.0307. The van der Waals surface area contributed by atoms with E-state index in [2.05, 4.69) is 20.9 Å². The first-order chi connectivity index (χ1) is 29.0. The SMILES string of the molecule is COCCOCCN(CCCC[C@@H](NC(=O)[C@@H](CC(C)C)NC(=O)[C@@H](Cc1ccccc1)NC(=O)[C@H](N)Cc1ccccc1)C(=O)N1CCC(N)CC1)CCOCCOC. The number of hydrogen-bond donors (Lipinski definition) is 5. The summed E-state index contributed by atoms with van der Waals surface area (Å²) >= 11 is 0. The molecule has 0 aliphatic carbocycles. The van der Waals surface area contributed by atoms with Gasteiger partial charge in [-0.25, -0.2) is 0 Å². The Labute approximate surface area is 357 Å².